The Morgan fingerprint density at radius 3 is 2.15 bits per heavy atom. The second kappa shape index (κ2) is 8.73. The van der Waals surface area contributed by atoms with Gasteiger partial charge in [-0.05, 0) is 17.5 Å². The lowest BCUT2D eigenvalue weighted by molar-refractivity contribution is -0.138. The van der Waals surface area contributed by atoms with Crippen molar-refractivity contribution < 1.29 is 18.0 Å². The lowest BCUT2D eigenvalue weighted by Crippen LogP contribution is -2.50. The van der Waals surface area contributed by atoms with Crippen LogP contribution in [0.5, 0.6) is 0 Å². The third-order valence-electron chi connectivity index (χ3n) is 4.83. The van der Waals surface area contributed by atoms with E-state index in [9.17, 15) is 18.0 Å². The quantitative estimate of drug-likeness (QED) is 0.734. The molecule has 0 aliphatic carbocycles. The molecular formula is C19H29N3O4S. The average molecular weight is 396 g/mol. The van der Waals surface area contributed by atoms with Crippen molar-refractivity contribution in [2.24, 2.45) is 0 Å². The number of nitrogens with zero attached hydrogens (tertiary/aromatic N) is 3. The first kappa shape index (κ1) is 21.2. The first-order chi connectivity index (χ1) is 12.6. The van der Waals surface area contributed by atoms with Gasteiger partial charge in [0.25, 0.3) is 0 Å². The van der Waals surface area contributed by atoms with Crippen molar-refractivity contribution in [3.8, 4) is 0 Å². The minimum atomic E-state index is -3.51. The van der Waals surface area contributed by atoms with E-state index >= 15 is 0 Å². The molecule has 2 rings (SSSR count). The summed E-state index contributed by atoms with van der Waals surface area (Å²) in [5, 5.41) is 0. The molecule has 1 aliphatic rings. The van der Waals surface area contributed by atoms with E-state index < -0.39 is 10.0 Å². The van der Waals surface area contributed by atoms with Crippen LogP contribution >= 0.6 is 0 Å². The fraction of sp³-hybridized carbons (Fsp3) is 0.579. The van der Waals surface area contributed by atoms with Crippen LogP contribution in [0.1, 0.15) is 38.7 Å². The molecule has 1 heterocycles. The first-order valence-electron chi connectivity index (χ1n) is 9.21. The van der Waals surface area contributed by atoms with E-state index in [1.807, 2.05) is 32.0 Å². The molecule has 1 aromatic carbocycles. The van der Waals surface area contributed by atoms with Gasteiger partial charge < -0.3 is 9.80 Å². The van der Waals surface area contributed by atoms with Crippen LogP contribution in [0.25, 0.3) is 0 Å². The monoisotopic (exact) mass is 395 g/mol. The van der Waals surface area contributed by atoms with E-state index in [-0.39, 0.29) is 30.7 Å². The third kappa shape index (κ3) is 5.45. The average Bonchev–Trinajstić information content (AvgIpc) is 2.61. The van der Waals surface area contributed by atoms with Crippen LogP contribution in [0.4, 0.5) is 5.69 Å². The van der Waals surface area contributed by atoms with Crippen molar-refractivity contribution in [3.05, 3.63) is 29.8 Å². The summed E-state index contributed by atoms with van der Waals surface area (Å²) in [6.07, 6.45) is 1.28. The minimum absolute atomic E-state index is 0.00985. The molecule has 8 heteroatoms. The number of benzene rings is 1. The Hall–Kier alpha value is -2.09. The van der Waals surface area contributed by atoms with Gasteiger partial charge in [0.2, 0.25) is 21.8 Å². The zero-order chi connectivity index (χ0) is 20.2. The molecule has 0 radical (unpaired) electrons. The molecule has 0 saturated carbocycles. The van der Waals surface area contributed by atoms with E-state index in [1.165, 1.54) is 17.5 Å². The van der Waals surface area contributed by atoms with Crippen molar-refractivity contribution in [1.82, 2.24) is 9.80 Å². The third-order valence-corrected chi connectivity index (χ3v) is 6.01. The van der Waals surface area contributed by atoms with Crippen LogP contribution in [-0.4, -0.2) is 69.0 Å². The number of amides is 2. The topological polar surface area (TPSA) is 78.0 Å². The molecule has 1 aliphatic heterocycles. The fourth-order valence-corrected chi connectivity index (χ4v) is 4.24. The second-order valence-corrected chi connectivity index (χ2v) is 9.09. The Morgan fingerprint density at radius 1 is 1.07 bits per heavy atom. The van der Waals surface area contributed by atoms with Crippen LogP contribution in [0.3, 0.4) is 0 Å². The standard InChI is InChI=1S/C19H29N3O4S/c1-15(2)17-7-5-6-8-18(17)22(27(4,25)26)10-9-19(24)21-13-11-20(12-14-21)16(3)23/h5-8,15H,9-14H2,1-4H3. The highest BCUT2D eigenvalue weighted by Gasteiger charge is 2.25. The SMILES string of the molecule is CC(=O)N1CCN(C(=O)CCN(c2ccccc2C(C)C)S(C)(=O)=O)CC1. The lowest BCUT2D eigenvalue weighted by Gasteiger charge is -2.34. The van der Waals surface area contributed by atoms with Crippen LogP contribution in [-0.2, 0) is 19.6 Å². The van der Waals surface area contributed by atoms with Crippen molar-refractivity contribution in [2.45, 2.75) is 33.1 Å². The predicted molar refractivity (Wildman–Crippen MR) is 106 cm³/mol. The number of carbonyl (C=O) groups is 2. The molecule has 150 valence electrons. The summed E-state index contributed by atoms with van der Waals surface area (Å²) in [6.45, 7) is 7.67. The number of hydrogen-bond acceptors (Lipinski definition) is 4. The number of carbonyl (C=O) groups excluding carboxylic acids is 2. The summed E-state index contributed by atoms with van der Waals surface area (Å²) in [5.41, 5.74) is 1.56. The lowest BCUT2D eigenvalue weighted by atomic mass is 10.0. The molecule has 0 N–H and O–H groups in total. The van der Waals surface area contributed by atoms with Gasteiger partial charge in [0.05, 0.1) is 11.9 Å². The van der Waals surface area contributed by atoms with Crippen molar-refractivity contribution in [3.63, 3.8) is 0 Å². The zero-order valence-corrected chi connectivity index (χ0v) is 17.3. The van der Waals surface area contributed by atoms with Gasteiger partial charge in [0.1, 0.15) is 0 Å². The number of anilines is 1. The van der Waals surface area contributed by atoms with E-state index in [1.54, 1.807) is 15.9 Å². The summed E-state index contributed by atoms with van der Waals surface area (Å²) in [7, 11) is -3.51. The maximum Gasteiger partial charge on any atom is 0.232 e. The van der Waals surface area contributed by atoms with Crippen molar-refractivity contribution >= 4 is 27.5 Å². The van der Waals surface area contributed by atoms with Crippen LogP contribution in [0, 0.1) is 0 Å². The number of hydrogen-bond donors (Lipinski definition) is 0. The highest BCUT2D eigenvalue weighted by Crippen LogP contribution is 2.29. The van der Waals surface area contributed by atoms with Gasteiger partial charge in [-0.1, -0.05) is 32.0 Å². The van der Waals surface area contributed by atoms with Gasteiger partial charge in [-0.15, -0.1) is 0 Å². The smallest absolute Gasteiger partial charge is 0.232 e. The number of piperazine rings is 1. The summed E-state index contributed by atoms with van der Waals surface area (Å²) in [5.74, 6) is 0.0883. The molecule has 7 nitrogen and oxygen atoms in total. The number of rotatable bonds is 6. The first-order valence-corrected chi connectivity index (χ1v) is 11.1. The number of para-hydroxylation sites is 1. The van der Waals surface area contributed by atoms with Crippen molar-refractivity contribution in [2.75, 3.05) is 43.3 Å². The maximum atomic E-state index is 12.6. The Morgan fingerprint density at radius 2 is 1.63 bits per heavy atom. The van der Waals surface area contributed by atoms with Gasteiger partial charge in [-0.3, -0.25) is 13.9 Å². The zero-order valence-electron chi connectivity index (χ0n) is 16.5. The maximum absolute atomic E-state index is 12.6. The van der Waals surface area contributed by atoms with Gasteiger partial charge in [-0.25, -0.2) is 8.42 Å². The van der Waals surface area contributed by atoms with Gasteiger partial charge in [0.15, 0.2) is 0 Å². The normalized spacial score (nSPS) is 15.1. The molecule has 0 atom stereocenters. The molecule has 27 heavy (non-hydrogen) atoms. The fourth-order valence-electron chi connectivity index (χ4n) is 3.29. The van der Waals surface area contributed by atoms with Crippen molar-refractivity contribution in [1.29, 1.82) is 0 Å². The largest absolute Gasteiger partial charge is 0.339 e. The van der Waals surface area contributed by atoms with E-state index in [2.05, 4.69) is 0 Å². The van der Waals surface area contributed by atoms with Crippen LogP contribution in [0.2, 0.25) is 0 Å². The molecule has 2 amide bonds. The molecule has 0 spiro atoms. The summed E-state index contributed by atoms with van der Waals surface area (Å²) in [4.78, 5) is 27.4. The summed E-state index contributed by atoms with van der Waals surface area (Å²) in [6, 6.07) is 7.40. The van der Waals surface area contributed by atoms with E-state index in [0.717, 1.165) is 5.56 Å². The second-order valence-electron chi connectivity index (χ2n) is 7.19. The molecule has 0 aromatic heterocycles. The molecular weight excluding hydrogens is 366 g/mol. The summed E-state index contributed by atoms with van der Waals surface area (Å²) >= 11 is 0. The highest BCUT2D eigenvalue weighted by molar-refractivity contribution is 7.92. The van der Waals surface area contributed by atoms with Gasteiger partial charge in [-0.2, -0.15) is 0 Å². The Bertz CT molecular complexity index is 784. The van der Waals surface area contributed by atoms with Gasteiger partial charge in [0, 0.05) is 46.1 Å². The van der Waals surface area contributed by atoms with Gasteiger partial charge >= 0.3 is 0 Å². The molecule has 1 aromatic rings. The van der Waals surface area contributed by atoms with E-state index in [4.69, 9.17) is 0 Å². The molecule has 1 fully saturated rings. The Kier molecular flexibility index (Phi) is 6.86. The Balaban J connectivity index is 2.09. The van der Waals surface area contributed by atoms with Crippen LogP contribution in [0.15, 0.2) is 24.3 Å². The molecule has 1 saturated heterocycles. The summed E-state index contributed by atoms with van der Waals surface area (Å²) < 4.78 is 26.1. The highest BCUT2D eigenvalue weighted by atomic mass is 32.2. The Labute approximate surface area is 162 Å². The minimum Gasteiger partial charge on any atom is -0.339 e. The molecule has 0 unspecified atom stereocenters. The van der Waals surface area contributed by atoms with E-state index in [0.29, 0.717) is 31.9 Å². The van der Waals surface area contributed by atoms with Crippen LogP contribution < -0.4 is 4.31 Å². The number of sulfonamides is 1. The predicted octanol–water partition coefficient (Wildman–Crippen LogP) is 1.66. The molecule has 0 bridgehead atoms.